The average Bonchev–Trinajstić information content (AvgIpc) is 2.49. The van der Waals surface area contributed by atoms with Crippen molar-refractivity contribution in [3.05, 3.63) is 71.8 Å². The van der Waals surface area contributed by atoms with Gasteiger partial charge in [-0.05, 0) is 11.1 Å². The van der Waals surface area contributed by atoms with Gasteiger partial charge in [-0.2, -0.15) is 0 Å². The highest BCUT2D eigenvalue weighted by Crippen LogP contribution is 2.28. The van der Waals surface area contributed by atoms with E-state index in [0.29, 0.717) is 0 Å². The van der Waals surface area contributed by atoms with E-state index in [1.807, 2.05) is 60.7 Å². The third-order valence-corrected chi connectivity index (χ3v) is 3.39. The van der Waals surface area contributed by atoms with Gasteiger partial charge in [-0.1, -0.05) is 60.7 Å². The summed E-state index contributed by atoms with van der Waals surface area (Å²) in [5.74, 6) is -0.276. The first kappa shape index (κ1) is 14.4. The predicted octanol–water partition coefficient (Wildman–Crippen LogP) is 2.10. The molecule has 3 nitrogen and oxygen atoms in total. The molecule has 0 unspecified atom stereocenters. The number of ketones is 1. The zero-order valence-corrected chi connectivity index (χ0v) is 11.3. The summed E-state index contributed by atoms with van der Waals surface area (Å²) in [5.41, 5.74) is 8.39. The van der Waals surface area contributed by atoms with Gasteiger partial charge in [-0.15, -0.1) is 0 Å². The first-order valence-corrected chi connectivity index (χ1v) is 6.70. The highest BCUT2D eigenvalue weighted by atomic mass is 16.3. The molecular weight excluding hydrogens is 250 g/mol. The lowest BCUT2D eigenvalue weighted by Gasteiger charge is -2.24. The number of carbonyl (C=O) groups is 1. The number of rotatable bonds is 6. The lowest BCUT2D eigenvalue weighted by Crippen LogP contribution is -2.32. The van der Waals surface area contributed by atoms with Crippen molar-refractivity contribution in [3.8, 4) is 0 Å². The molecule has 0 aliphatic rings. The molecule has 2 aromatic rings. The van der Waals surface area contributed by atoms with E-state index in [-0.39, 0.29) is 24.2 Å². The third kappa shape index (κ3) is 3.53. The Labute approximate surface area is 119 Å². The van der Waals surface area contributed by atoms with E-state index in [0.717, 1.165) is 11.1 Å². The largest absolute Gasteiger partial charge is 0.389 e. The zero-order chi connectivity index (χ0) is 14.4. The Morgan fingerprint density at radius 2 is 1.40 bits per heavy atom. The lowest BCUT2D eigenvalue weighted by atomic mass is 9.83. The summed E-state index contributed by atoms with van der Waals surface area (Å²) in [5, 5.41) is 8.90. The van der Waals surface area contributed by atoms with Gasteiger partial charge in [0, 0.05) is 18.4 Å². The molecule has 0 saturated carbocycles. The molecule has 0 fully saturated rings. The van der Waals surface area contributed by atoms with Gasteiger partial charge < -0.3 is 10.8 Å². The summed E-state index contributed by atoms with van der Waals surface area (Å²) in [4.78, 5) is 11.5. The highest BCUT2D eigenvalue weighted by Gasteiger charge is 2.23. The van der Waals surface area contributed by atoms with Gasteiger partial charge >= 0.3 is 0 Å². The van der Waals surface area contributed by atoms with Crippen LogP contribution in [0.4, 0.5) is 0 Å². The second kappa shape index (κ2) is 6.98. The standard InChI is InChI=1S/C17H19NO2/c18-16(11-15(20)12-19)17(13-7-3-1-4-8-13)14-9-5-2-6-10-14/h1-10,16-17,19H,11-12,18H2/t16-/m1/s1. The molecule has 3 N–H and O–H groups in total. The molecular formula is C17H19NO2. The number of aliphatic hydroxyl groups is 1. The number of hydrogen-bond acceptors (Lipinski definition) is 3. The molecule has 0 aliphatic carbocycles. The molecule has 2 rings (SSSR count). The number of benzene rings is 2. The molecule has 1 atom stereocenters. The van der Waals surface area contributed by atoms with Crippen molar-refractivity contribution in [2.75, 3.05) is 6.61 Å². The summed E-state index contributed by atoms with van der Waals surface area (Å²) in [6, 6.07) is 19.5. The van der Waals surface area contributed by atoms with Crippen LogP contribution in [-0.2, 0) is 4.79 Å². The van der Waals surface area contributed by atoms with Crippen molar-refractivity contribution in [1.29, 1.82) is 0 Å². The molecule has 104 valence electrons. The summed E-state index contributed by atoms with van der Waals surface area (Å²) in [6.07, 6.45) is 0.172. The first-order chi connectivity index (χ1) is 9.72. The van der Waals surface area contributed by atoms with Crippen LogP contribution in [0.1, 0.15) is 23.5 Å². The van der Waals surface area contributed by atoms with Gasteiger partial charge in [0.1, 0.15) is 6.61 Å². The van der Waals surface area contributed by atoms with Crippen LogP contribution in [0.3, 0.4) is 0 Å². The molecule has 0 amide bonds. The van der Waals surface area contributed by atoms with Crippen molar-refractivity contribution < 1.29 is 9.90 Å². The van der Waals surface area contributed by atoms with Gasteiger partial charge in [0.2, 0.25) is 0 Å². The molecule has 0 heterocycles. The van der Waals surface area contributed by atoms with Crippen molar-refractivity contribution in [2.24, 2.45) is 5.73 Å². The molecule has 3 heteroatoms. The molecule has 2 aromatic carbocycles. The van der Waals surface area contributed by atoms with Crippen LogP contribution in [0.2, 0.25) is 0 Å². The zero-order valence-electron chi connectivity index (χ0n) is 11.3. The highest BCUT2D eigenvalue weighted by molar-refractivity contribution is 5.80. The molecule has 0 aromatic heterocycles. The second-order valence-corrected chi connectivity index (χ2v) is 4.86. The van der Waals surface area contributed by atoms with Crippen molar-refractivity contribution in [1.82, 2.24) is 0 Å². The normalized spacial score (nSPS) is 12.3. The Balaban J connectivity index is 2.32. The number of aliphatic hydroxyl groups excluding tert-OH is 1. The molecule has 0 saturated heterocycles. The molecule has 0 spiro atoms. The number of Topliss-reactive ketones (excluding diaryl/α,β-unsaturated/α-hetero) is 1. The number of nitrogens with two attached hydrogens (primary N) is 1. The summed E-state index contributed by atoms with van der Waals surface area (Å²) in [7, 11) is 0. The van der Waals surface area contributed by atoms with Crippen LogP contribution >= 0.6 is 0 Å². The summed E-state index contributed by atoms with van der Waals surface area (Å²) >= 11 is 0. The Morgan fingerprint density at radius 3 is 1.80 bits per heavy atom. The maximum Gasteiger partial charge on any atom is 0.159 e. The van der Waals surface area contributed by atoms with Gasteiger partial charge in [-0.25, -0.2) is 0 Å². The Bertz CT molecular complexity index is 500. The minimum atomic E-state index is -0.454. The fourth-order valence-electron chi connectivity index (χ4n) is 2.45. The average molecular weight is 269 g/mol. The Hall–Kier alpha value is -1.97. The van der Waals surface area contributed by atoms with E-state index in [1.54, 1.807) is 0 Å². The van der Waals surface area contributed by atoms with Crippen molar-refractivity contribution in [3.63, 3.8) is 0 Å². The van der Waals surface area contributed by atoms with Crippen LogP contribution in [0, 0.1) is 0 Å². The third-order valence-electron chi connectivity index (χ3n) is 3.39. The molecule has 0 aliphatic heterocycles. The van der Waals surface area contributed by atoms with Crippen LogP contribution in [0.25, 0.3) is 0 Å². The quantitative estimate of drug-likeness (QED) is 0.844. The van der Waals surface area contributed by atoms with Crippen LogP contribution in [0.5, 0.6) is 0 Å². The van der Waals surface area contributed by atoms with E-state index < -0.39 is 6.61 Å². The molecule has 0 radical (unpaired) electrons. The first-order valence-electron chi connectivity index (χ1n) is 6.70. The topological polar surface area (TPSA) is 63.3 Å². The van der Waals surface area contributed by atoms with E-state index in [1.165, 1.54) is 0 Å². The summed E-state index contributed by atoms with van der Waals surface area (Å²) < 4.78 is 0. The number of hydrogen-bond donors (Lipinski definition) is 2. The van der Waals surface area contributed by atoms with Crippen LogP contribution in [-0.4, -0.2) is 23.5 Å². The van der Waals surface area contributed by atoms with Crippen molar-refractivity contribution >= 4 is 5.78 Å². The van der Waals surface area contributed by atoms with Gasteiger partial charge in [0.05, 0.1) is 0 Å². The minimum Gasteiger partial charge on any atom is -0.389 e. The maximum absolute atomic E-state index is 11.5. The van der Waals surface area contributed by atoms with Crippen LogP contribution in [0.15, 0.2) is 60.7 Å². The minimum absolute atomic E-state index is 0.0482. The molecule has 0 bridgehead atoms. The van der Waals surface area contributed by atoms with Crippen LogP contribution < -0.4 is 5.73 Å². The Kier molecular flexibility index (Phi) is 5.04. The van der Waals surface area contributed by atoms with Gasteiger partial charge in [-0.3, -0.25) is 4.79 Å². The van der Waals surface area contributed by atoms with Gasteiger partial charge in [0.25, 0.3) is 0 Å². The van der Waals surface area contributed by atoms with E-state index in [4.69, 9.17) is 10.8 Å². The smallest absolute Gasteiger partial charge is 0.159 e. The van der Waals surface area contributed by atoms with E-state index in [9.17, 15) is 4.79 Å². The fourth-order valence-corrected chi connectivity index (χ4v) is 2.45. The molecule has 20 heavy (non-hydrogen) atoms. The monoisotopic (exact) mass is 269 g/mol. The second-order valence-electron chi connectivity index (χ2n) is 4.86. The predicted molar refractivity (Wildman–Crippen MR) is 79.4 cm³/mol. The van der Waals surface area contributed by atoms with Crippen molar-refractivity contribution in [2.45, 2.75) is 18.4 Å². The van der Waals surface area contributed by atoms with E-state index >= 15 is 0 Å². The number of carbonyl (C=O) groups excluding carboxylic acids is 1. The maximum atomic E-state index is 11.5. The SMILES string of the molecule is N[C@H](CC(=O)CO)C(c1ccccc1)c1ccccc1. The Morgan fingerprint density at radius 1 is 0.950 bits per heavy atom. The summed E-state index contributed by atoms with van der Waals surface area (Å²) in [6.45, 7) is -0.454. The lowest BCUT2D eigenvalue weighted by molar-refractivity contribution is -0.122. The fraction of sp³-hybridized carbons (Fsp3) is 0.235. The van der Waals surface area contributed by atoms with Gasteiger partial charge in [0.15, 0.2) is 5.78 Å². The van der Waals surface area contributed by atoms with E-state index in [2.05, 4.69) is 0 Å².